The number of carbonyl (C=O) groups is 1. The molecule has 0 N–H and O–H groups in total. The second-order valence-electron chi connectivity index (χ2n) is 5.30. The second kappa shape index (κ2) is 6.83. The Labute approximate surface area is 144 Å². The first-order chi connectivity index (χ1) is 11.0. The molecule has 1 atom stereocenters. The maximum absolute atomic E-state index is 12.6. The number of aryl methyl sites for hydroxylation is 1. The van der Waals surface area contributed by atoms with Crippen LogP contribution in [0.1, 0.15) is 27.8 Å². The minimum Gasteiger partial charge on any atom is -0.370 e. The van der Waals surface area contributed by atoms with Crippen LogP contribution in [-0.2, 0) is 4.74 Å². The van der Waals surface area contributed by atoms with Crippen LogP contribution < -0.4 is 0 Å². The number of morpholine rings is 1. The first kappa shape index (κ1) is 16.2. The Hall–Kier alpha value is -1.69. The number of benzene rings is 1. The van der Waals surface area contributed by atoms with Crippen LogP contribution in [0.25, 0.3) is 0 Å². The summed E-state index contributed by atoms with van der Waals surface area (Å²) in [6.45, 7) is 3.22. The fraction of sp³-hybridized carbons (Fsp3) is 0.312. The van der Waals surface area contributed by atoms with E-state index < -0.39 is 0 Å². The molecular weight excluding hydrogens is 337 g/mol. The molecule has 0 saturated carbocycles. The van der Waals surface area contributed by atoms with Crippen molar-refractivity contribution >= 4 is 29.1 Å². The highest BCUT2D eigenvalue weighted by molar-refractivity contribution is 6.42. The fourth-order valence-corrected chi connectivity index (χ4v) is 2.74. The standard InChI is InChI=1S/C16H15Cl2N3O2/c1-10-19-7-12(8-20-10)16(22)21-4-5-23-15(9-21)11-2-3-13(17)14(18)6-11/h2-3,6-8,15H,4-5,9H2,1H3. The van der Waals surface area contributed by atoms with E-state index in [2.05, 4.69) is 9.97 Å². The summed E-state index contributed by atoms with van der Waals surface area (Å²) in [7, 11) is 0. The highest BCUT2D eigenvalue weighted by atomic mass is 35.5. The number of nitrogens with zero attached hydrogens (tertiary/aromatic N) is 3. The lowest BCUT2D eigenvalue weighted by molar-refractivity contribution is -0.0228. The van der Waals surface area contributed by atoms with E-state index in [0.717, 1.165) is 5.56 Å². The highest BCUT2D eigenvalue weighted by Gasteiger charge is 2.26. The van der Waals surface area contributed by atoms with Gasteiger partial charge in [0.1, 0.15) is 11.9 Å². The van der Waals surface area contributed by atoms with E-state index in [1.807, 2.05) is 6.07 Å². The van der Waals surface area contributed by atoms with E-state index in [4.69, 9.17) is 27.9 Å². The van der Waals surface area contributed by atoms with E-state index in [9.17, 15) is 4.79 Å². The summed E-state index contributed by atoms with van der Waals surface area (Å²) < 4.78 is 5.77. The number of hydrogen-bond donors (Lipinski definition) is 0. The Balaban J connectivity index is 1.76. The lowest BCUT2D eigenvalue weighted by Crippen LogP contribution is -2.42. The molecule has 0 aliphatic carbocycles. The minimum atomic E-state index is -0.228. The van der Waals surface area contributed by atoms with Crippen molar-refractivity contribution in [2.24, 2.45) is 0 Å². The molecule has 1 aliphatic heterocycles. The Morgan fingerprint density at radius 1 is 1.26 bits per heavy atom. The molecule has 1 fully saturated rings. The largest absolute Gasteiger partial charge is 0.370 e. The number of carbonyl (C=O) groups excluding carboxylic acids is 1. The third-order valence-corrected chi connectivity index (χ3v) is 4.44. The first-order valence-corrected chi connectivity index (χ1v) is 7.94. The van der Waals surface area contributed by atoms with Gasteiger partial charge in [-0.15, -0.1) is 0 Å². The highest BCUT2D eigenvalue weighted by Crippen LogP contribution is 2.29. The molecule has 1 aromatic heterocycles. The molecule has 120 valence electrons. The normalized spacial score (nSPS) is 18.0. The lowest BCUT2D eigenvalue weighted by atomic mass is 10.1. The van der Waals surface area contributed by atoms with Gasteiger partial charge in [-0.2, -0.15) is 0 Å². The van der Waals surface area contributed by atoms with Gasteiger partial charge in [-0.05, 0) is 24.6 Å². The van der Waals surface area contributed by atoms with Gasteiger partial charge in [-0.1, -0.05) is 29.3 Å². The molecule has 2 heterocycles. The Kier molecular flexibility index (Phi) is 4.80. The van der Waals surface area contributed by atoms with Gasteiger partial charge in [0.25, 0.3) is 5.91 Å². The second-order valence-corrected chi connectivity index (χ2v) is 6.12. The summed E-state index contributed by atoms with van der Waals surface area (Å²) in [5.41, 5.74) is 1.38. The number of aromatic nitrogens is 2. The zero-order valence-corrected chi connectivity index (χ0v) is 14.0. The number of amides is 1. The van der Waals surface area contributed by atoms with Crippen molar-refractivity contribution in [3.05, 3.63) is 57.6 Å². The number of halogens is 2. The van der Waals surface area contributed by atoms with E-state index >= 15 is 0 Å². The smallest absolute Gasteiger partial charge is 0.257 e. The molecule has 2 aromatic rings. The lowest BCUT2D eigenvalue weighted by Gasteiger charge is -2.33. The van der Waals surface area contributed by atoms with Gasteiger partial charge in [0.15, 0.2) is 0 Å². The van der Waals surface area contributed by atoms with Crippen molar-refractivity contribution in [3.8, 4) is 0 Å². The van der Waals surface area contributed by atoms with Gasteiger partial charge in [0, 0.05) is 18.9 Å². The predicted molar refractivity (Wildman–Crippen MR) is 87.8 cm³/mol. The molecule has 23 heavy (non-hydrogen) atoms. The summed E-state index contributed by atoms with van der Waals surface area (Å²) in [6, 6.07) is 5.37. The first-order valence-electron chi connectivity index (χ1n) is 7.19. The minimum absolute atomic E-state index is 0.0987. The molecular formula is C16H15Cl2N3O2. The van der Waals surface area contributed by atoms with Crippen LogP contribution in [0.15, 0.2) is 30.6 Å². The van der Waals surface area contributed by atoms with Gasteiger partial charge in [0.2, 0.25) is 0 Å². The molecule has 5 nitrogen and oxygen atoms in total. The topological polar surface area (TPSA) is 55.3 Å². The summed E-state index contributed by atoms with van der Waals surface area (Å²) >= 11 is 12.0. The maximum Gasteiger partial charge on any atom is 0.257 e. The van der Waals surface area contributed by atoms with E-state index in [0.29, 0.717) is 41.1 Å². The molecule has 1 aromatic carbocycles. The van der Waals surface area contributed by atoms with Gasteiger partial charge in [-0.3, -0.25) is 4.79 Å². The van der Waals surface area contributed by atoms with Crippen molar-refractivity contribution in [3.63, 3.8) is 0 Å². The number of rotatable bonds is 2. The number of hydrogen-bond acceptors (Lipinski definition) is 4. The van der Waals surface area contributed by atoms with Crippen LogP contribution in [0, 0.1) is 6.92 Å². The Bertz CT molecular complexity index is 722. The number of ether oxygens (including phenoxy) is 1. The molecule has 0 bridgehead atoms. The third kappa shape index (κ3) is 3.63. The van der Waals surface area contributed by atoms with Crippen molar-refractivity contribution in [2.75, 3.05) is 19.7 Å². The van der Waals surface area contributed by atoms with Gasteiger partial charge in [0.05, 0.1) is 28.8 Å². The summed E-state index contributed by atoms with van der Waals surface area (Å²) in [5, 5.41) is 0.971. The predicted octanol–water partition coefficient (Wildman–Crippen LogP) is 3.31. The van der Waals surface area contributed by atoms with Crippen LogP contribution >= 0.6 is 23.2 Å². The molecule has 1 unspecified atom stereocenters. The Morgan fingerprint density at radius 3 is 2.70 bits per heavy atom. The van der Waals surface area contributed by atoms with Crippen LogP contribution in [0.4, 0.5) is 0 Å². The van der Waals surface area contributed by atoms with E-state index in [-0.39, 0.29) is 12.0 Å². The van der Waals surface area contributed by atoms with Gasteiger partial charge >= 0.3 is 0 Å². The molecule has 1 aliphatic rings. The summed E-state index contributed by atoms with van der Waals surface area (Å²) in [5.74, 6) is 0.538. The third-order valence-electron chi connectivity index (χ3n) is 3.70. The van der Waals surface area contributed by atoms with Crippen LogP contribution in [0.3, 0.4) is 0 Å². The molecule has 1 saturated heterocycles. The van der Waals surface area contributed by atoms with E-state index in [1.54, 1.807) is 36.4 Å². The van der Waals surface area contributed by atoms with Crippen molar-refractivity contribution < 1.29 is 9.53 Å². The molecule has 0 radical (unpaired) electrons. The zero-order valence-electron chi connectivity index (χ0n) is 12.5. The van der Waals surface area contributed by atoms with Crippen LogP contribution in [0.5, 0.6) is 0 Å². The molecule has 0 spiro atoms. The SMILES string of the molecule is Cc1ncc(C(=O)N2CCOC(c3ccc(Cl)c(Cl)c3)C2)cn1. The van der Waals surface area contributed by atoms with E-state index in [1.165, 1.54) is 0 Å². The van der Waals surface area contributed by atoms with Crippen molar-refractivity contribution in [1.29, 1.82) is 0 Å². The monoisotopic (exact) mass is 351 g/mol. The van der Waals surface area contributed by atoms with Crippen LogP contribution in [0.2, 0.25) is 10.0 Å². The van der Waals surface area contributed by atoms with Gasteiger partial charge in [-0.25, -0.2) is 9.97 Å². The van der Waals surface area contributed by atoms with Crippen LogP contribution in [-0.4, -0.2) is 40.5 Å². The maximum atomic E-state index is 12.6. The molecule has 3 rings (SSSR count). The zero-order chi connectivity index (χ0) is 16.4. The van der Waals surface area contributed by atoms with Crippen molar-refractivity contribution in [2.45, 2.75) is 13.0 Å². The molecule has 7 heteroatoms. The fourth-order valence-electron chi connectivity index (χ4n) is 2.43. The quantitative estimate of drug-likeness (QED) is 0.832. The average molecular weight is 352 g/mol. The van der Waals surface area contributed by atoms with Crippen molar-refractivity contribution in [1.82, 2.24) is 14.9 Å². The average Bonchev–Trinajstić information content (AvgIpc) is 2.57. The molecule has 1 amide bonds. The summed E-state index contributed by atoms with van der Waals surface area (Å²) in [6.07, 6.45) is 2.87. The Morgan fingerprint density at radius 2 is 2.00 bits per heavy atom. The van der Waals surface area contributed by atoms with Gasteiger partial charge < -0.3 is 9.64 Å². The summed E-state index contributed by atoms with van der Waals surface area (Å²) in [4.78, 5) is 22.4.